The Balaban J connectivity index is 3.02. The summed E-state index contributed by atoms with van der Waals surface area (Å²) in [4.78, 5) is 25.9. The second-order valence-electron chi connectivity index (χ2n) is 4.20. The molecule has 0 aliphatic rings. The van der Waals surface area contributed by atoms with E-state index in [1.165, 1.54) is 26.0 Å². The number of hydrogen-bond acceptors (Lipinski definition) is 5. The first-order valence-corrected chi connectivity index (χ1v) is 7.82. The Labute approximate surface area is 116 Å². The van der Waals surface area contributed by atoms with Crippen molar-refractivity contribution in [3.63, 3.8) is 0 Å². The SMILES string of the molecule is CON(c1ccccc1)C(C)(C)C(=O)OP(=O)(O)Cl. The van der Waals surface area contributed by atoms with Crippen molar-refractivity contribution < 1.29 is 23.6 Å². The number of hydroxylamine groups is 1. The Bertz CT molecular complexity index is 487. The van der Waals surface area contributed by atoms with E-state index in [1.807, 2.05) is 6.07 Å². The third-order valence-electron chi connectivity index (χ3n) is 2.38. The first-order valence-electron chi connectivity index (χ1n) is 5.34. The smallest absolute Gasteiger partial charge is 0.378 e. The fourth-order valence-corrected chi connectivity index (χ4v) is 2.13. The van der Waals surface area contributed by atoms with Gasteiger partial charge in [0.05, 0.1) is 12.8 Å². The predicted molar refractivity (Wildman–Crippen MR) is 71.8 cm³/mol. The Kier molecular flexibility index (Phi) is 4.98. The number of carbonyl (C=O) groups excluding carboxylic acids is 1. The molecule has 1 aromatic carbocycles. The average Bonchev–Trinajstić information content (AvgIpc) is 2.28. The molecule has 6 nitrogen and oxygen atoms in total. The van der Waals surface area contributed by atoms with Crippen LogP contribution >= 0.6 is 18.2 Å². The van der Waals surface area contributed by atoms with E-state index in [0.29, 0.717) is 5.69 Å². The number of hydrogen-bond donors (Lipinski definition) is 1. The minimum absolute atomic E-state index is 0.592. The zero-order chi connectivity index (χ0) is 14.7. The molecular formula is C11H15ClNO5P. The number of benzene rings is 1. The molecular weight excluding hydrogens is 293 g/mol. The summed E-state index contributed by atoms with van der Waals surface area (Å²) in [5.74, 6) is -0.973. The lowest BCUT2D eigenvalue weighted by Gasteiger charge is -2.35. The van der Waals surface area contributed by atoms with Crippen molar-refractivity contribution in [2.45, 2.75) is 19.4 Å². The minimum atomic E-state index is -4.42. The lowest BCUT2D eigenvalue weighted by Crippen LogP contribution is -2.50. The molecule has 106 valence electrons. The molecule has 0 bridgehead atoms. The van der Waals surface area contributed by atoms with Crippen LogP contribution in [0.4, 0.5) is 5.69 Å². The summed E-state index contributed by atoms with van der Waals surface area (Å²) < 4.78 is 15.3. The van der Waals surface area contributed by atoms with Gasteiger partial charge in [-0.1, -0.05) is 18.2 Å². The van der Waals surface area contributed by atoms with Gasteiger partial charge in [0.15, 0.2) is 5.54 Å². The van der Waals surface area contributed by atoms with Crippen molar-refractivity contribution in [1.82, 2.24) is 0 Å². The summed E-state index contributed by atoms with van der Waals surface area (Å²) in [6.07, 6.45) is 0. The van der Waals surface area contributed by atoms with Crippen molar-refractivity contribution in [2.75, 3.05) is 12.2 Å². The summed E-state index contributed by atoms with van der Waals surface area (Å²) in [5.41, 5.74) is -0.738. The molecule has 8 heteroatoms. The molecule has 0 aliphatic carbocycles. The fraction of sp³-hybridized carbons (Fsp3) is 0.364. The first-order chi connectivity index (χ1) is 8.68. The van der Waals surface area contributed by atoms with Crippen LogP contribution in [0.2, 0.25) is 0 Å². The molecule has 1 unspecified atom stereocenters. The zero-order valence-electron chi connectivity index (χ0n) is 10.7. The molecule has 0 saturated heterocycles. The molecule has 0 radical (unpaired) electrons. The number of carbonyl (C=O) groups is 1. The van der Waals surface area contributed by atoms with E-state index in [9.17, 15) is 9.36 Å². The molecule has 1 atom stereocenters. The fourth-order valence-electron chi connectivity index (χ4n) is 1.52. The third-order valence-corrected chi connectivity index (χ3v) is 2.97. The van der Waals surface area contributed by atoms with Crippen LogP contribution in [0.15, 0.2) is 30.3 Å². The van der Waals surface area contributed by atoms with Gasteiger partial charge in [-0.15, -0.1) is 0 Å². The second-order valence-corrected chi connectivity index (χ2v) is 6.57. The Hall–Kier alpha value is -1.07. The van der Waals surface area contributed by atoms with E-state index in [1.54, 1.807) is 24.3 Å². The van der Waals surface area contributed by atoms with E-state index in [-0.39, 0.29) is 0 Å². The maximum Gasteiger partial charge on any atom is 0.476 e. The molecule has 0 aliphatic heterocycles. The molecule has 0 fully saturated rings. The molecule has 19 heavy (non-hydrogen) atoms. The van der Waals surface area contributed by atoms with Gasteiger partial charge in [0.25, 0.3) is 0 Å². The van der Waals surface area contributed by atoms with Gasteiger partial charge in [0, 0.05) is 11.2 Å². The van der Waals surface area contributed by atoms with Crippen LogP contribution in [-0.2, 0) is 18.7 Å². The van der Waals surface area contributed by atoms with Gasteiger partial charge in [-0.3, -0.25) is 4.84 Å². The quantitative estimate of drug-likeness (QED) is 0.666. The van der Waals surface area contributed by atoms with Crippen molar-refractivity contribution in [3.05, 3.63) is 30.3 Å². The highest BCUT2D eigenvalue weighted by Crippen LogP contribution is 2.48. The van der Waals surface area contributed by atoms with Crippen molar-refractivity contribution in [2.24, 2.45) is 0 Å². The number of halogens is 1. The van der Waals surface area contributed by atoms with Crippen molar-refractivity contribution >= 4 is 29.8 Å². The number of para-hydroxylation sites is 1. The van der Waals surface area contributed by atoms with Gasteiger partial charge in [-0.05, 0) is 26.0 Å². The molecule has 1 aromatic rings. The summed E-state index contributed by atoms with van der Waals surface area (Å²) >= 11 is 5.04. The van der Waals surface area contributed by atoms with Crippen LogP contribution in [0, 0.1) is 0 Å². The number of anilines is 1. The summed E-state index contributed by atoms with van der Waals surface area (Å²) in [6.45, 7) is -1.45. The number of nitrogens with zero attached hydrogens (tertiary/aromatic N) is 1. The van der Waals surface area contributed by atoms with Crippen LogP contribution in [0.25, 0.3) is 0 Å². The second kappa shape index (κ2) is 5.92. The van der Waals surface area contributed by atoms with Gasteiger partial charge < -0.3 is 9.42 Å². The lowest BCUT2D eigenvalue weighted by atomic mass is 10.1. The normalized spacial score (nSPS) is 14.6. The molecule has 0 heterocycles. The highest BCUT2D eigenvalue weighted by atomic mass is 35.7. The van der Waals surface area contributed by atoms with Crippen molar-refractivity contribution in [1.29, 1.82) is 0 Å². The summed E-state index contributed by atoms with van der Waals surface area (Å²) in [6, 6.07) is 8.78. The van der Waals surface area contributed by atoms with E-state index in [4.69, 9.17) is 21.0 Å². The van der Waals surface area contributed by atoms with E-state index in [2.05, 4.69) is 4.52 Å². The first kappa shape index (κ1) is 16.0. The maximum absolute atomic E-state index is 11.9. The molecule has 1 rings (SSSR count). The van der Waals surface area contributed by atoms with Gasteiger partial charge in [0.2, 0.25) is 0 Å². The standard InChI is InChI=1S/C11H15ClNO5P/c1-11(2,10(14)18-19(12,15)16)13(17-3)9-7-5-4-6-8-9/h4-8H,1-3H3,(H,15,16). The monoisotopic (exact) mass is 307 g/mol. The third kappa shape index (κ3) is 4.21. The van der Waals surface area contributed by atoms with Crippen LogP contribution in [0.5, 0.6) is 0 Å². The van der Waals surface area contributed by atoms with E-state index < -0.39 is 18.5 Å². The van der Waals surface area contributed by atoms with Gasteiger partial charge in [0.1, 0.15) is 0 Å². The topological polar surface area (TPSA) is 76.1 Å². The van der Waals surface area contributed by atoms with Crippen LogP contribution in [-0.4, -0.2) is 23.5 Å². The Morgan fingerprint density at radius 3 is 2.32 bits per heavy atom. The summed E-state index contributed by atoms with van der Waals surface area (Å²) in [7, 11) is 1.38. The largest absolute Gasteiger partial charge is 0.476 e. The highest BCUT2D eigenvalue weighted by molar-refractivity contribution is 7.80. The molecule has 0 aromatic heterocycles. The Morgan fingerprint density at radius 1 is 1.37 bits per heavy atom. The molecule has 0 saturated carbocycles. The molecule has 1 N–H and O–H groups in total. The number of rotatable bonds is 5. The van der Waals surface area contributed by atoms with Crippen LogP contribution in [0.1, 0.15) is 13.8 Å². The summed E-state index contributed by atoms with van der Waals surface area (Å²) in [5, 5.41) is 1.27. The van der Waals surface area contributed by atoms with Crippen molar-refractivity contribution in [3.8, 4) is 0 Å². The van der Waals surface area contributed by atoms with Gasteiger partial charge >= 0.3 is 12.9 Å². The molecule has 0 amide bonds. The predicted octanol–water partition coefficient (Wildman–Crippen LogP) is 2.72. The average molecular weight is 308 g/mol. The van der Waals surface area contributed by atoms with Gasteiger partial charge in [-0.2, -0.15) is 0 Å². The van der Waals surface area contributed by atoms with E-state index >= 15 is 0 Å². The lowest BCUT2D eigenvalue weighted by molar-refractivity contribution is -0.142. The minimum Gasteiger partial charge on any atom is -0.378 e. The van der Waals surface area contributed by atoms with Gasteiger partial charge in [-0.25, -0.2) is 14.4 Å². The maximum atomic E-state index is 11.9. The van der Waals surface area contributed by atoms with Crippen LogP contribution < -0.4 is 5.06 Å². The highest BCUT2D eigenvalue weighted by Gasteiger charge is 2.40. The molecule has 0 spiro atoms. The Morgan fingerprint density at radius 2 is 1.89 bits per heavy atom. The van der Waals surface area contributed by atoms with Crippen LogP contribution in [0.3, 0.4) is 0 Å². The zero-order valence-corrected chi connectivity index (χ0v) is 12.4. The van der Waals surface area contributed by atoms with E-state index in [0.717, 1.165) is 0 Å².